The molecule has 1 atom stereocenters. The molecule has 9 heteroatoms. The van der Waals surface area contributed by atoms with Gasteiger partial charge in [-0.25, -0.2) is 0 Å². The first-order valence-corrected chi connectivity index (χ1v) is 4.17. The van der Waals surface area contributed by atoms with Crippen molar-refractivity contribution < 1.29 is 4.79 Å². The summed E-state index contributed by atoms with van der Waals surface area (Å²) < 4.78 is 0. The number of carbonyl (C=O) groups excluding carboxylic acids is 1. The molecule has 2 heterocycles. The van der Waals surface area contributed by atoms with Gasteiger partial charge >= 0.3 is 0 Å². The largest absolute Gasteiger partial charge is 0.341 e. The number of H-pyrrole nitrogens is 2. The van der Waals surface area contributed by atoms with E-state index in [2.05, 4.69) is 41.4 Å². The summed E-state index contributed by atoms with van der Waals surface area (Å²) in [5, 5.41) is 25.3. The van der Waals surface area contributed by atoms with Gasteiger partial charge in [0.25, 0.3) is 5.91 Å². The summed E-state index contributed by atoms with van der Waals surface area (Å²) >= 11 is 0. The van der Waals surface area contributed by atoms with Gasteiger partial charge in [0.1, 0.15) is 0 Å². The first-order valence-electron chi connectivity index (χ1n) is 4.17. The van der Waals surface area contributed by atoms with Crippen LogP contribution in [0.1, 0.15) is 29.3 Å². The minimum atomic E-state index is -0.346. The standard InChI is InChI=1S/C6H8N8O/c1-3(5-10-13-14-11-5)8-6(15)4-2-7-12-9-4/h2-3H,1H3,(H,8,15)(H,7,9,12)(H,10,11,13,14). The summed E-state index contributed by atoms with van der Waals surface area (Å²) in [5.41, 5.74) is 0.213. The van der Waals surface area contributed by atoms with E-state index in [1.165, 1.54) is 6.20 Å². The number of aromatic nitrogens is 7. The number of rotatable bonds is 3. The second-order valence-electron chi connectivity index (χ2n) is 2.82. The molecule has 15 heavy (non-hydrogen) atoms. The van der Waals surface area contributed by atoms with Gasteiger partial charge in [0.15, 0.2) is 11.5 Å². The number of nitrogens with zero attached hydrogens (tertiary/aromatic N) is 5. The molecule has 2 aromatic rings. The van der Waals surface area contributed by atoms with Gasteiger partial charge in [-0.15, -0.1) is 10.2 Å². The summed E-state index contributed by atoms with van der Waals surface area (Å²) in [7, 11) is 0. The summed E-state index contributed by atoms with van der Waals surface area (Å²) in [6, 6.07) is -0.340. The van der Waals surface area contributed by atoms with Gasteiger partial charge < -0.3 is 5.32 Å². The molecule has 0 fully saturated rings. The van der Waals surface area contributed by atoms with Crippen LogP contribution in [0.15, 0.2) is 6.20 Å². The van der Waals surface area contributed by atoms with E-state index in [0.29, 0.717) is 5.82 Å². The fraction of sp³-hybridized carbons (Fsp3) is 0.333. The molecule has 2 rings (SSSR count). The zero-order valence-corrected chi connectivity index (χ0v) is 7.80. The minimum absolute atomic E-state index is 0.213. The van der Waals surface area contributed by atoms with Crippen LogP contribution in [0, 0.1) is 0 Å². The molecule has 0 spiro atoms. The Labute approximate surface area is 83.7 Å². The van der Waals surface area contributed by atoms with Crippen molar-refractivity contribution in [2.75, 3.05) is 0 Å². The van der Waals surface area contributed by atoms with E-state index in [0.717, 1.165) is 0 Å². The Kier molecular flexibility index (Phi) is 2.35. The van der Waals surface area contributed by atoms with E-state index in [1.807, 2.05) is 0 Å². The smallest absolute Gasteiger partial charge is 0.274 e. The van der Waals surface area contributed by atoms with E-state index in [4.69, 9.17) is 0 Å². The van der Waals surface area contributed by atoms with Crippen LogP contribution in [0.5, 0.6) is 0 Å². The summed E-state index contributed by atoms with van der Waals surface area (Å²) in [5.74, 6) is 0.0629. The van der Waals surface area contributed by atoms with Gasteiger partial charge in [0, 0.05) is 0 Å². The zero-order chi connectivity index (χ0) is 10.7. The second kappa shape index (κ2) is 3.82. The molecule has 0 radical (unpaired) electrons. The Morgan fingerprint density at radius 3 is 2.93 bits per heavy atom. The van der Waals surface area contributed by atoms with Crippen LogP contribution in [-0.4, -0.2) is 41.9 Å². The van der Waals surface area contributed by atoms with Crippen molar-refractivity contribution in [3.05, 3.63) is 17.7 Å². The number of tetrazole rings is 1. The van der Waals surface area contributed by atoms with Gasteiger partial charge in [0.05, 0.1) is 12.2 Å². The van der Waals surface area contributed by atoms with E-state index >= 15 is 0 Å². The third-order valence-electron chi connectivity index (χ3n) is 1.74. The molecule has 9 nitrogen and oxygen atoms in total. The molecule has 1 unspecified atom stereocenters. The Morgan fingerprint density at radius 2 is 2.33 bits per heavy atom. The molecule has 0 saturated heterocycles. The average Bonchev–Trinajstić information content (AvgIpc) is 2.91. The van der Waals surface area contributed by atoms with Crippen molar-refractivity contribution >= 4 is 5.91 Å². The van der Waals surface area contributed by atoms with Crippen molar-refractivity contribution in [1.29, 1.82) is 0 Å². The van der Waals surface area contributed by atoms with Crippen molar-refractivity contribution in [2.24, 2.45) is 0 Å². The highest BCUT2D eigenvalue weighted by atomic mass is 16.2. The number of amides is 1. The third-order valence-corrected chi connectivity index (χ3v) is 1.74. The van der Waals surface area contributed by atoms with Gasteiger partial charge in [-0.1, -0.05) is 5.21 Å². The van der Waals surface area contributed by atoms with Crippen LogP contribution >= 0.6 is 0 Å². The SMILES string of the molecule is CC(NC(=O)c1cn[nH]n1)c1nn[nH]n1. The Balaban J connectivity index is 2.01. The first-order chi connectivity index (χ1) is 7.27. The molecular weight excluding hydrogens is 200 g/mol. The van der Waals surface area contributed by atoms with Crippen molar-refractivity contribution in [1.82, 2.24) is 41.4 Å². The molecule has 3 N–H and O–H groups in total. The monoisotopic (exact) mass is 208 g/mol. The first kappa shape index (κ1) is 9.24. The molecule has 0 aliphatic carbocycles. The maximum absolute atomic E-state index is 11.5. The van der Waals surface area contributed by atoms with Crippen molar-refractivity contribution in [3.8, 4) is 0 Å². The lowest BCUT2D eigenvalue weighted by Crippen LogP contribution is -2.27. The van der Waals surface area contributed by atoms with Crippen LogP contribution in [0.25, 0.3) is 0 Å². The molecule has 0 bridgehead atoms. The number of carbonyl (C=O) groups is 1. The molecular formula is C6H8N8O. The zero-order valence-electron chi connectivity index (χ0n) is 7.80. The lowest BCUT2D eigenvalue weighted by atomic mass is 10.3. The van der Waals surface area contributed by atoms with E-state index in [1.54, 1.807) is 6.92 Å². The summed E-state index contributed by atoms with van der Waals surface area (Å²) in [4.78, 5) is 11.5. The Morgan fingerprint density at radius 1 is 1.47 bits per heavy atom. The second-order valence-corrected chi connectivity index (χ2v) is 2.82. The highest BCUT2D eigenvalue weighted by molar-refractivity contribution is 5.91. The van der Waals surface area contributed by atoms with Gasteiger partial charge in [-0.05, 0) is 6.92 Å². The minimum Gasteiger partial charge on any atom is -0.341 e. The molecule has 0 aromatic carbocycles. The third kappa shape index (κ3) is 1.95. The number of aromatic amines is 2. The number of hydrogen-bond donors (Lipinski definition) is 3. The highest BCUT2D eigenvalue weighted by Crippen LogP contribution is 2.04. The van der Waals surface area contributed by atoms with Crippen LogP contribution < -0.4 is 5.32 Å². The topological polar surface area (TPSA) is 125 Å². The quantitative estimate of drug-likeness (QED) is 0.582. The fourth-order valence-electron chi connectivity index (χ4n) is 0.999. The summed E-state index contributed by atoms with van der Waals surface area (Å²) in [6.07, 6.45) is 1.33. The van der Waals surface area contributed by atoms with Crippen LogP contribution in [-0.2, 0) is 0 Å². The van der Waals surface area contributed by atoms with Crippen LogP contribution in [0.2, 0.25) is 0 Å². The molecule has 78 valence electrons. The van der Waals surface area contributed by atoms with E-state index < -0.39 is 0 Å². The van der Waals surface area contributed by atoms with Gasteiger partial charge in [-0.2, -0.15) is 20.6 Å². The Bertz CT molecular complexity index is 420. The van der Waals surface area contributed by atoms with Crippen molar-refractivity contribution in [3.63, 3.8) is 0 Å². The van der Waals surface area contributed by atoms with Gasteiger partial charge in [0.2, 0.25) is 0 Å². The Hall–Kier alpha value is -2.32. The lowest BCUT2D eigenvalue weighted by molar-refractivity contribution is 0.0933. The van der Waals surface area contributed by atoms with E-state index in [9.17, 15) is 4.79 Å². The predicted molar refractivity (Wildman–Crippen MR) is 46.4 cm³/mol. The maximum atomic E-state index is 11.5. The van der Waals surface area contributed by atoms with Gasteiger partial charge in [-0.3, -0.25) is 4.79 Å². The normalized spacial score (nSPS) is 12.3. The molecule has 2 aromatic heterocycles. The lowest BCUT2D eigenvalue weighted by Gasteiger charge is -2.07. The molecule has 0 aliphatic rings. The van der Waals surface area contributed by atoms with Crippen molar-refractivity contribution in [2.45, 2.75) is 13.0 Å². The molecule has 1 amide bonds. The highest BCUT2D eigenvalue weighted by Gasteiger charge is 2.15. The summed E-state index contributed by atoms with van der Waals surface area (Å²) in [6.45, 7) is 1.74. The molecule has 0 aliphatic heterocycles. The maximum Gasteiger partial charge on any atom is 0.274 e. The van der Waals surface area contributed by atoms with E-state index in [-0.39, 0.29) is 17.6 Å². The average molecular weight is 208 g/mol. The molecule has 0 saturated carbocycles. The predicted octanol–water partition coefficient (Wildman–Crippen LogP) is -1.19. The van der Waals surface area contributed by atoms with Crippen LogP contribution in [0.4, 0.5) is 0 Å². The number of hydrogen-bond acceptors (Lipinski definition) is 6. The fourth-order valence-corrected chi connectivity index (χ4v) is 0.999. The van der Waals surface area contributed by atoms with Crippen LogP contribution in [0.3, 0.4) is 0 Å². The number of nitrogens with one attached hydrogen (secondary N) is 3.